The van der Waals surface area contributed by atoms with Crippen molar-refractivity contribution in [3.05, 3.63) is 83.2 Å². The van der Waals surface area contributed by atoms with Gasteiger partial charge in [-0.15, -0.1) is 0 Å². The maximum atomic E-state index is 14.8. The maximum Gasteiger partial charge on any atom is 0.346 e. The number of unbranched alkanes of at least 4 members (excludes halogenated alkanes) is 3. The smallest absolute Gasteiger partial charge is 0.346 e. The van der Waals surface area contributed by atoms with Gasteiger partial charge < -0.3 is 9.47 Å². The number of ether oxygens (including phenoxy) is 2. The molecule has 0 saturated heterocycles. The third-order valence-corrected chi connectivity index (χ3v) is 7.37. The minimum atomic E-state index is -1.18. The standard InChI is InChI=1S/C32H35F3O3/c1-3-4-5-6-19-37-25-15-16-26(29(33)20-25)22-11-13-24(14-12-22)38-32(36)28-18-17-27(30(34)31(28)35)23-9-7-21(2)8-10-23/h11-18,20-21,23H,3-10,19H2,1-2H3. The topological polar surface area (TPSA) is 35.5 Å². The number of hydrogen-bond donors (Lipinski definition) is 0. The summed E-state index contributed by atoms with van der Waals surface area (Å²) >= 11 is 0. The van der Waals surface area contributed by atoms with Gasteiger partial charge in [0.05, 0.1) is 12.2 Å². The predicted octanol–water partition coefficient (Wildman–Crippen LogP) is 9.24. The molecule has 0 amide bonds. The van der Waals surface area contributed by atoms with Crippen LogP contribution in [0.1, 0.15) is 87.1 Å². The third kappa shape index (κ3) is 6.77. The van der Waals surface area contributed by atoms with Crippen LogP contribution >= 0.6 is 0 Å². The molecule has 0 spiro atoms. The van der Waals surface area contributed by atoms with Crippen molar-refractivity contribution >= 4 is 5.97 Å². The van der Waals surface area contributed by atoms with Crippen LogP contribution in [0.4, 0.5) is 13.2 Å². The van der Waals surface area contributed by atoms with E-state index in [1.165, 1.54) is 30.3 Å². The fourth-order valence-corrected chi connectivity index (χ4v) is 5.01. The minimum Gasteiger partial charge on any atom is -0.493 e. The van der Waals surface area contributed by atoms with Crippen molar-refractivity contribution in [1.29, 1.82) is 0 Å². The van der Waals surface area contributed by atoms with E-state index in [4.69, 9.17) is 9.47 Å². The van der Waals surface area contributed by atoms with Crippen LogP contribution in [0.5, 0.6) is 11.5 Å². The summed E-state index contributed by atoms with van der Waals surface area (Å²) in [6.07, 6.45) is 7.88. The molecule has 202 valence electrons. The molecule has 6 heteroatoms. The van der Waals surface area contributed by atoms with Crippen LogP contribution in [0, 0.1) is 23.4 Å². The van der Waals surface area contributed by atoms with Crippen LogP contribution < -0.4 is 9.47 Å². The summed E-state index contributed by atoms with van der Waals surface area (Å²) in [6, 6.07) is 13.7. The monoisotopic (exact) mass is 524 g/mol. The lowest BCUT2D eigenvalue weighted by Gasteiger charge is -2.27. The average Bonchev–Trinajstić information content (AvgIpc) is 2.91. The molecule has 38 heavy (non-hydrogen) atoms. The van der Waals surface area contributed by atoms with Crippen LogP contribution in [-0.2, 0) is 0 Å². The van der Waals surface area contributed by atoms with E-state index in [0.717, 1.165) is 51.4 Å². The zero-order chi connectivity index (χ0) is 27.1. The molecular weight excluding hydrogens is 489 g/mol. The third-order valence-electron chi connectivity index (χ3n) is 7.37. The number of hydrogen-bond acceptors (Lipinski definition) is 3. The predicted molar refractivity (Wildman–Crippen MR) is 143 cm³/mol. The summed E-state index contributed by atoms with van der Waals surface area (Å²) in [5, 5.41) is 0. The zero-order valence-corrected chi connectivity index (χ0v) is 22.1. The molecule has 0 bridgehead atoms. The second kappa shape index (κ2) is 13.0. The van der Waals surface area contributed by atoms with E-state index in [2.05, 4.69) is 13.8 Å². The van der Waals surface area contributed by atoms with Crippen molar-refractivity contribution in [3.8, 4) is 22.6 Å². The van der Waals surface area contributed by atoms with Crippen LogP contribution in [0.2, 0.25) is 0 Å². The zero-order valence-electron chi connectivity index (χ0n) is 22.1. The largest absolute Gasteiger partial charge is 0.493 e. The maximum absolute atomic E-state index is 14.8. The molecule has 1 aliphatic rings. The van der Waals surface area contributed by atoms with Gasteiger partial charge >= 0.3 is 5.97 Å². The molecule has 3 aromatic rings. The Hall–Kier alpha value is -3.28. The molecular formula is C32H35F3O3. The fraction of sp³-hybridized carbons (Fsp3) is 0.406. The number of rotatable bonds is 10. The average molecular weight is 525 g/mol. The van der Waals surface area contributed by atoms with E-state index < -0.39 is 29.0 Å². The quantitative estimate of drug-likeness (QED) is 0.151. The Kier molecular flexibility index (Phi) is 9.48. The van der Waals surface area contributed by atoms with E-state index in [1.54, 1.807) is 24.3 Å². The highest BCUT2D eigenvalue weighted by atomic mass is 19.2. The fourth-order valence-electron chi connectivity index (χ4n) is 5.01. The highest BCUT2D eigenvalue weighted by Gasteiger charge is 2.27. The molecule has 0 atom stereocenters. The first-order chi connectivity index (χ1) is 18.4. The van der Waals surface area contributed by atoms with Crippen LogP contribution in [0.3, 0.4) is 0 Å². The van der Waals surface area contributed by atoms with Gasteiger partial charge in [-0.25, -0.2) is 18.0 Å². The van der Waals surface area contributed by atoms with Crippen LogP contribution in [-0.4, -0.2) is 12.6 Å². The number of esters is 1. The summed E-state index contributed by atoms with van der Waals surface area (Å²) in [7, 11) is 0. The number of carbonyl (C=O) groups excluding carboxylic acids is 1. The van der Waals surface area contributed by atoms with Gasteiger partial charge in [0.2, 0.25) is 0 Å². The van der Waals surface area contributed by atoms with Gasteiger partial charge in [0.15, 0.2) is 11.6 Å². The first-order valence-electron chi connectivity index (χ1n) is 13.6. The SMILES string of the molecule is CCCCCCOc1ccc(-c2ccc(OC(=O)c3ccc(C4CCC(C)CC4)c(F)c3F)cc2)c(F)c1. The van der Waals surface area contributed by atoms with Crippen molar-refractivity contribution in [2.45, 2.75) is 71.1 Å². The number of benzene rings is 3. The summed E-state index contributed by atoms with van der Waals surface area (Å²) in [4.78, 5) is 12.6. The van der Waals surface area contributed by atoms with Crippen molar-refractivity contribution in [2.24, 2.45) is 5.92 Å². The summed E-state index contributed by atoms with van der Waals surface area (Å²) in [5.41, 5.74) is 0.836. The van der Waals surface area contributed by atoms with Gasteiger partial charge in [-0.05, 0) is 72.6 Å². The van der Waals surface area contributed by atoms with Crippen molar-refractivity contribution < 1.29 is 27.4 Å². The highest BCUT2D eigenvalue weighted by molar-refractivity contribution is 5.91. The molecule has 3 nitrogen and oxygen atoms in total. The molecule has 1 saturated carbocycles. The summed E-state index contributed by atoms with van der Waals surface area (Å²) < 4.78 is 55.3. The first kappa shape index (κ1) is 27.7. The molecule has 0 aromatic heterocycles. The van der Waals surface area contributed by atoms with E-state index in [-0.39, 0.29) is 11.7 Å². The van der Waals surface area contributed by atoms with E-state index in [9.17, 15) is 18.0 Å². The molecule has 0 N–H and O–H groups in total. The summed E-state index contributed by atoms with van der Waals surface area (Å²) in [5.74, 6) is -2.38. The lowest BCUT2D eigenvalue weighted by Crippen LogP contribution is -2.16. The first-order valence-corrected chi connectivity index (χ1v) is 13.6. The summed E-state index contributed by atoms with van der Waals surface area (Å²) in [6.45, 7) is 4.85. The Labute approximate surface area is 223 Å². The van der Waals surface area contributed by atoms with Gasteiger partial charge in [-0.1, -0.05) is 64.2 Å². The van der Waals surface area contributed by atoms with Crippen molar-refractivity contribution in [2.75, 3.05) is 6.61 Å². The lowest BCUT2D eigenvalue weighted by molar-refractivity contribution is 0.0728. The molecule has 0 heterocycles. The molecule has 3 aromatic carbocycles. The lowest BCUT2D eigenvalue weighted by atomic mass is 9.79. The van der Waals surface area contributed by atoms with Crippen LogP contribution in [0.15, 0.2) is 54.6 Å². The second-order valence-electron chi connectivity index (χ2n) is 10.3. The Morgan fingerprint density at radius 3 is 2.24 bits per heavy atom. The van der Waals surface area contributed by atoms with E-state index in [1.807, 2.05) is 0 Å². The molecule has 0 unspecified atom stereocenters. The van der Waals surface area contributed by atoms with Crippen LogP contribution in [0.25, 0.3) is 11.1 Å². The highest BCUT2D eigenvalue weighted by Crippen LogP contribution is 2.37. The molecule has 1 fully saturated rings. The van der Waals surface area contributed by atoms with E-state index >= 15 is 0 Å². The van der Waals surface area contributed by atoms with Gasteiger partial charge in [0, 0.05) is 11.6 Å². The minimum absolute atomic E-state index is 0.0369. The molecule has 4 rings (SSSR count). The normalized spacial score (nSPS) is 17.3. The van der Waals surface area contributed by atoms with Gasteiger partial charge in [-0.2, -0.15) is 0 Å². The Bertz CT molecular complexity index is 1230. The Morgan fingerprint density at radius 1 is 0.842 bits per heavy atom. The number of halogens is 3. The molecule has 1 aliphatic carbocycles. The van der Waals surface area contributed by atoms with E-state index in [0.29, 0.717) is 35.0 Å². The van der Waals surface area contributed by atoms with Gasteiger partial charge in [-0.3, -0.25) is 0 Å². The van der Waals surface area contributed by atoms with Crippen molar-refractivity contribution in [3.63, 3.8) is 0 Å². The Morgan fingerprint density at radius 2 is 1.55 bits per heavy atom. The second-order valence-corrected chi connectivity index (χ2v) is 10.3. The van der Waals surface area contributed by atoms with Crippen molar-refractivity contribution in [1.82, 2.24) is 0 Å². The van der Waals surface area contributed by atoms with Gasteiger partial charge in [0.1, 0.15) is 17.3 Å². The molecule has 0 radical (unpaired) electrons. The van der Waals surface area contributed by atoms with Gasteiger partial charge in [0.25, 0.3) is 0 Å². The molecule has 0 aliphatic heterocycles. The number of carbonyl (C=O) groups is 1. The Balaban J connectivity index is 1.39.